The average Bonchev–Trinajstić information content (AvgIpc) is 3.68. The zero-order valence-corrected chi connectivity index (χ0v) is 26.7. The Bertz CT molecular complexity index is 1850. The normalized spacial score (nSPS) is 18.3. The van der Waals surface area contributed by atoms with Gasteiger partial charge in [-0.25, -0.2) is 9.48 Å². The van der Waals surface area contributed by atoms with Crippen molar-refractivity contribution < 1.29 is 14.3 Å². The lowest BCUT2D eigenvalue weighted by atomic mass is 9.85. The number of nitrogens with one attached hydrogen (secondary N) is 2. The number of hydrogen-bond acceptors (Lipinski definition) is 7. The van der Waals surface area contributed by atoms with E-state index in [4.69, 9.17) is 14.6 Å². The highest BCUT2D eigenvalue weighted by Gasteiger charge is 2.30. The minimum absolute atomic E-state index is 0.157. The quantitative estimate of drug-likeness (QED) is 0.235. The number of fused-ring (bicyclic) bond motifs is 2. The fraction of sp³-hybridized carbons (Fsp3) is 0.371. The van der Waals surface area contributed by atoms with Gasteiger partial charge in [-0.2, -0.15) is 5.10 Å². The van der Waals surface area contributed by atoms with Gasteiger partial charge in [-0.3, -0.25) is 9.72 Å². The van der Waals surface area contributed by atoms with Crippen molar-refractivity contribution >= 4 is 23.4 Å². The Labute approximate surface area is 268 Å². The van der Waals surface area contributed by atoms with Gasteiger partial charge in [0.15, 0.2) is 5.65 Å². The summed E-state index contributed by atoms with van der Waals surface area (Å²) in [4.78, 5) is 15.7. The first kappa shape index (κ1) is 29.8. The van der Waals surface area contributed by atoms with Crippen LogP contribution in [0.1, 0.15) is 68.1 Å². The van der Waals surface area contributed by atoms with E-state index in [-0.39, 0.29) is 23.6 Å². The number of aryl methyl sites for hydroxylation is 1. The lowest BCUT2D eigenvalue weighted by molar-refractivity contribution is 0.122. The third-order valence-electron chi connectivity index (χ3n) is 8.67. The zero-order chi connectivity index (χ0) is 31.8. The molecule has 0 saturated carbocycles. The fourth-order valence-electron chi connectivity index (χ4n) is 6.13. The maximum absolute atomic E-state index is 13.5. The zero-order valence-electron chi connectivity index (χ0n) is 26.7. The van der Waals surface area contributed by atoms with E-state index in [1.807, 2.05) is 65.2 Å². The minimum Gasteiger partial charge on any atom is -0.484 e. The van der Waals surface area contributed by atoms with Crippen LogP contribution < -0.4 is 20.3 Å². The molecule has 2 N–H and O–H groups in total. The smallest absolute Gasteiger partial charge is 0.320 e. The summed E-state index contributed by atoms with van der Waals surface area (Å²) in [6.45, 7) is 11.3. The standard InChI is InChI=1S/C35H40N8O3/c1-23-9-11-24(12-10-23)43-32(21-30(40-43)35(2,3)4)37-33(44)36-28-14-15-29(27-8-6-5-7-26(27)28)46-25-13-16-31-38-39-34(42(31)22-25)41-17-19-45-20-18-41/h5-13,16,21-22,28-29H,14-15,17-20H2,1-4H3,(H2,36,37,44)/t28-,29+/m0/s1. The molecule has 7 rings (SSSR count). The second kappa shape index (κ2) is 12.1. The molecular formula is C35H40N8O3. The summed E-state index contributed by atoms with van der Waals surface area (Å²) in [5.41, 5.74) is 5.66. The Balaban J connectivity index is 1.09. The summed E-state index contributed by atoms with van der Waals surface area (Å²) in [6, 6.07) is 21.7. The third kappa shape index (κ3) is 6.02. The minimum atomic E-state index is -0.276. The van der Waals surface area contributed by atoms with Gasteiger partial charge in [0.1, 0.15) is 17.7 Å². The van der Waals surface area contributed by atoms with Crippen molar-refractivity contribution in [2.24, 2.45) is 0 Å². The summed E-state index contributed by atoms with van der Waals surface area (Å²) >= 11 is 0. The van der Waals surface area contributed by atoms with Crippen LogP contribution in [0.4, 0.5) is 16.6 Å². The Morgan fingerprint density at radius 1 is 0.957 bits per heavy atom. The topological polar surface area (TPSA) is 111 Å². The summed E-state index contributed by atoms with van der Waals surface area (Å²) in [5.74, 6) is 2.16. The van der Waals surface area contributed by atoms with Crippen molar-refractivity contribution in [3.63, 3.8) is 0 Å². The first-order chi connectivity index (χ1) is 22.2. The molecule has 5 aromatic rings. The van der Waals surface area contributed by atoms with E-state index in [0.717, 1.165) is 71.3 Å². The van der Waals surface area contributed by atoms with Crippen molar-refractivity contribution in [3.8, 4) is 11.4 Å². The molecule has 0 unspecified atom stereocenters. The van der Waals surface area contributed by atoms with Crippen LogP contribution in [0.5, 0.6) is 5.75 Å². The molecule has 3 aromatic heterocycles. The van der Waals surface area contributed by atoms with Crippen molar-refractivity contribution in [2.75, 3.05) is 36.5 Å². The van der Waals surface area contributed by atoms with Gasteiger partial charge in [-0.1, -0.05) is 62.7 Å². The number of morpholine rings is 1. The van der Waals surface area contributed by atoms with Gasteiger partial charge in [-0.05, 0) is 55.2 Å². The molecule has 11 nitrogen and oxygen atoms in total. The molecule has 1 saturated heterocycles. The van der Waals surface area contributed by atoms with Gasteiger partial charge in [-0.15, -0.1) is 10.2 Å². The predicted molar refractivity (Wildman–Crippen MR) is 177 cm³/mol. The number of ether oxygens (including phenoxy) is 2. The van der Waals surface area contributed by atoms with Crippen LogP contribution in [0.15, 0.2) is 72.9 Å². The molecule has 11 heteroatoms. The monoisotopic (exact) mass is 620 g/mol. The lowest BCUT2D eigenvalue weighted by Crippen LogP contribution is -2.37. The molecule has 0 bridgehead atoms. The first-order valence-corrected chi connectivity index (χ1v) is 15.9. The highest BCUT2D eigenvalue weighted by atomic mass is 16.5. The van der Waals surface area contributed by atoms with Crippen molar-refractivity contribution in [2.45, 2.75) is 58.1 Å². The molecular weight excluding hydrogens is 580 g/mol. The molecule has 0 spiro atoms. The summed E-state index contributed by atoms with van der Waals surface area (Å²) in [7, 11) is 0. The molecule has 238 valence electrons. The van der Waals surface area contributed by atoms with Crippen LogP contribution in [0.3, 0.4) is 0 Å². The molecule has 2 amide bonds. The first-order valence-electron chi connectivity index (χ1n) is 15.9. The number of carbonyl (C=O) groups excluding carboxylic acids is 1. The molecule has 2 aliphatic rings. The molecule has 1 aliphatic heterocycles. The van der Waals surface area contributed by atoms with E-state index in [9.17, 15) is 4.79 Å². The molecule has 1 aliphatic carbocycles. The number of benzene rings is 2. The van der Waals surface area contributed by atoms with Gasteiger partial charge in [0.2, 0.25) is 5.95 Å². The molecule has 2 atom stereocenters. The van der Waals surface area contributed by atoms with Crippen molar-refractivity contribution in [1.29, 1.82) is 0 Å². The Morgan fingerprint density at radius 2 is 1.72 bits per heavy atom. The number of rotatable bonds is 6. The van der Waals surface area contributed by atoms with Crippen LogP contribution >= 0.6 is 0 Å². The maximum atomic E-state index is 13.5. The van der Waals surface area contributed by atoms with E-state index in [0.29, 0.717) is 19.0 Å². The molecule has 46 heavy (non-hydrogen) atoms. The number of amides is 2. The van der Waals surface area contributed by atoms with E-state index in [2.05, 4.69) is 65.6 Å². The van der Waals surface area contributed by atoms with Crippen LogP contribution in [0.2, 0.25) is 0 Å². The molecule has 4 heterocycles. The number of aromatic nitrogens is 5. The number of urea groups is 1. The van der Waals surface area contributed by atoms with Crippen molar-refractivity contribution in [3.05, 3.63) is 95.3 Å². The highest BCUT2D eigenvalue weighted by Crippen LogP contribution is 2.39. The Morgan fingerprint density at radius 3 is 2.48 bits per heavy atom. The Hall–Kier alpha value is -4.90. The number of nitrogens with zero attached hydrogens (tertiary/aromatic N) is 6. The fourth-order valence-corrected chi connectivity index (χ4v) is 6.13. The second-order valence-electron chi connectivity index (χ2n) is 13.1. The van der Waals surface area contributed by atoms with Crippen molar-refractivity contribution in [1.82, 2.24) is 29.7 Å². The predicted octanol–water partition coefficient (Wildman–Crippen LogP) is 6.13. The summed E-state index contributed by atoms with van der Waals surface area (Å²) in [6.07, 6.45) is 3.28. The molecule has 1 fully saturated rings. The van der Waals surface area contributed by atoms with E-state index in [1.165, 1.54) is 0 Å². The number of pyridine rings is 1. The highest BCUT2D eigenvalue weighted by molar-refractivity contribution is 5.89. The maximum Gasteiger partial charge on any atom is 0.320 e. The van der Waals surface area contributed by atoms with Gasteiger partial charge in [0.05, 0.1) is 36.8 Å². The summed E-state index contributed by atoms with van der Waals surface area (Å²) in [5, 5.41) is 19.9. The number of anilines is 2. The number of carbonyl (C=O) groups is 1. The molecule has 0 radical (unpaired) electrons. The van der Waals surface area contributed by atoms with E-state index in [1.54, 1.807) is 4.68 Å². The summed E-state index contributed by atoms with van der Waals surface area (Å²) < 4.78 is 15.9. The van der Waals surface area contributed by atoms with Gasteiger partial charge in [0, 0.05) is 24.6 Å². The van der Waals surface area contributed by atoms with Crippen LogP contribution in [-0.4, -0.2) is 56.7 Å². The van der Waals surface area contributed by atoms with E-state index < -0.39 is 0 Å². The van der Waals surface area contributed by atoms with Gasteiger partial charge < -0.3 is 19.7 Å². The second-order valence-corrected chi connectivity index (χ2v) is 13.1. The largest absolute Gasteiger partial charge is 0.484 e. The third-order valence-corrected chi connectivity index (χ3v) is 8.67. The Kier molecular flexibility index (Phi) is 7.85. The van der Waals surface area contributed by atoms with E-state index >= 15 is 0 Å². The van der Waals surface area contributed by atoms with Crippen LogP contribution in [0.25, 0.3) is 11.3 Å². The lowest BCUT2D eigenvalue weighted by Gasteiger charge is -2.32. The average molecular weight is 621 g/mol. The number of hydrogen-bond donors (Lipinski definition) is 2. The van der Waals surface area contributed by atoms with Crippen LogP contribution in [0, 0.1) is 6.92 Å². The SMILES string of the molecule is Cc1ccc(-n2nc(C(C)(C)C)cc2NC(=O)N[C@H]2CC[C@@H](Oc3ccc4nnc(N5CCOCC5)n4c3)c3ccccc32)cc1. The van der Waals surface area contributed by atoms with Gasteiger partial charge >= 0.3 is 6.03 Å². The molecule has 2 aromatic carbocycles. The van der Waals surface area contributed by atoms with Gasteiger partial charge in [0.25, 0.3) is 0 Å². The van der Waals surface area contributed by atoms with Crippen LogP contribution in [-0.2, 0) is 10.2 Å².